The molecule has 0 radical (unpaired) electrons. The number of nitrogens with zero attached hydrogens (tertiary/aromatic N) is 2. The highest BCUT2D eigenvalue weighted by Gasteiger charge is 2.41. The zero-order valence-electron chi connectivity index (χ0n) is 11.1. The van der Waals surface area contributed by atoms with Gasteiger partial charge in [0.15, 0.2) is 0 Å². The molecular formula is C13H25N3O. The Morgan fingerprint density at radius 1 is 1.35 bits per heavy atom. The molecule has 0 bridgehead atoms. The second-order valence-electron chi connectivity index (χ2n) is 5.92. The van der Waals surface area contributed by atoms with Crippen LogP contribution in [0.3, 0.4) is 0 Å². The number of nitrogens with two attached hydrogens (primary N) is 1. The predicted molar refractivity (Wildman–Crippen MR) is 68.6 cm³/mol. The summed E-state index contributed by atoms with van der Waals surface area (Å²) in [4.78, 5) is 17.0. The van der Waals surface area contributed by atoms with Crippen molar-refractivity contribution in [1.82, 2.24) is 9.80 Å². The average Bonchev–Trinajstić information content (AvgIpc) is 2.76. The van der Waals surface area contributed by atoms with E-state index in [1.54, 1.807) is 0 Å². The first-order chi connectivity index (χ1) is 8.07. The highest BCUT2D eigenvalue weighted by atomic mass is 16.2. The average molecular weight is 239 g/mol. The molecule has 2 aliphatic rings. The smallest absolute Gasteiger partial charge is 0.228 e. The van der Waals surface area contributed by atoms with Crippen LogP contribution in [0.25, 0.3) is 0 Å². The molecule has 1 aliphatic heterocycles. The summed E-state index contributed by atoms with van der Waals surface area (Å²) in [6.07, 6.45) is 4.50. The summed E-state index contributed by atoms with van der Waals surface area (Å²) in [5.74, 6) is 0.346. The molecular weight excluding hydrogens is 214 g/mol. The molecule has 1 saturated carbocycles. The van der Waals surface area contributed by atoms with Gasteiger partial charge in [-0.3, -0.25) is 4.79 Å². The number of carbonyl (C=O) groups excluding carboxylic acids is 1. The molecule has 0 aromatic rings. The second kappa shape index (κ2) is 4.94. The molecule has 1 heterocycles. The third-order valence-electron chi connectivity index (χ3n) is 4.44. The molecule has 0 spiro atoms. The molecule has 2 rings (SSSR count). The summed E-state index contributed by atoms with van der Waals surface area (Å²) in [7, 11) is 2.10. The van der Waals surface area contributed by atoms with Crippen LogP contribution in [0.4, 0.5) is 0 Å². The van der Waals surface area contributed by atoms with Crippen molar-refractivity contribution >= 4 is 5.91 Å². The van der Waals surface area contributed by atoms with E-state index in [0.717, 1.165) is 32.5 Å². The van der Waals surface area contributed by atoms with Crippen molar-refractivity contribution in [1.29, 1.82) is 0 Å². The van der Waals surface area contributed by atoms with Gasteiger partial charge in [-0.1, -0.05) is 19.8 Å². The van der Waals surface area contributed by atoms with Gasteiger partial charge in [0.2, 0.25) is 5.91 Å². The predicted octanol–water partition coefficient (Wildman–Crippen LogP) is 0.668. The second-order valence-corrected chi connectivity index (χ2v) is 5.92. The summed E-state index contributed by atoms with van der Waals surface area (Å²) in [5, 5.41) is 0. The van der Waals surface area contributed by atoms with Crippen LogP contribution < -0.4 is 5.73 Å². The molecule has 2 N–H and O–H groups in total. The van der Waals surface area contributed by atoms with E-state index in [4.69, 9.17) is 5.73 Å². The molecule has 2 fully saturated rings. The fourth-order valence-electron chi connectivity index (χ4n) is 3.20. The van der Waals surface area contributed by atoms with Crippen LogP contribution >= 0.6 is 0 Å². The van der Waals surface area contributed by atoms with E-state index >= 15 is 0 Å². The molecule has 4 nitrogen and oxygen atoms in total. The number of hydrogen-bond donors (Lipinski definition) is 1. The normalized spacial score (nSPS) is 29.6. The maximum absolute atomic E-state index is 12.6. The van der Waals surface area contributed by atoms with Crippen molar-refractivity contribution in [2.24, 2.45) is 11.1 Å². The lowest BCUT2D eigenvalue weighted by Gasteiger charge is -2.43. The lowest BCUT2D eigenvalue weighted by Crippen LogP contribution is -2.59. The first-order valence-corrected chi connectivity index (χ1v) is 6.76. The first kappa shape index (κ1) is 12.8. The van der Waals surface area contributed by atoms with E-state index < -0.39 is 0 Å². The zero-order chi connectivity index (χ0) is 12.5. The van der Waals surface area contributed by atoms with Gasteiger partial charge in [0.1, 0.15) is 0 Å². The van der Waals surface area contributed by atoms with Crippen LogP contribution in [0.2, 0.25) is 0 Å². The van der Waals surface area contributed by atoms with Gasteiger partial charge in [0.25, 0.3) is 0 Å². The molecule has 1 aliphatic carbocycles. The molecule has 4 heteroatoms. The highest BCUT2D eigenvalue weighted by molar-refractivity contribution is 5.83. The van der Waals surface area contributed by atoms with Crippen molar-refractivity contribution in [3.8, 4) is 0 Å². The number of rotatable bonds is 2. The molecule has 1 atom stereocenters. The van der Waals surface area contributed by atoms with Gasteiger partial charge in [-0.2, -0.15) is 0 Å². The summed E-state index contributed by atoms with van der Waals surface area (Å²) < 4.78 is 0. The Morgan fingerprint density at radius 3 is 2.59 bits per heavy atom. The van der Waals surface area contributed by atoms with Crippen LogP contribution in [-0.2, 0) is 4.79 Å². The SMILES string of the molecule is CN1CCN(C(=O)C2(C)CCCC2)C(CN)C1. The maximum atomic E-state index is 12.6. The Kier molecular flexibility index (Phi) is 3.73. The molecule has 0 aromatic carbocycles. The first-order valence-electron chi connectivity index (χ1n) is 6.76. The van der Waals surface area contributed by atoms with Crippen LogP contribution in [0, 0.1) is 5.41 Å². The summed E-state index contributed by atoms with van der Waals surface area (Å²) in [5.41, 5.74) is 5.71. The zero-order valence-corrected chi connectivity index (χ0v) is 11.1. The van der Waals surface area contributed by atoms with E-state index in [1.165, 1.54) is 12.8 Å². The highest BCUT2D eigenvalue weighted by Crippen LogP contribution is 2.39. The lowest BCUT2D eigenvalue weighted by atomic mass is 9.86. The summed E-state index contributed by atoms with van der Waals surface area (Å²) in [6, 6.07) is 0.207. The topological polar surface area (TPSA) is 49.6 Å². The minimum Gasteiger partial charge on any atom is -0.335 e. The molecule has 1 unspecified atom stereocenters. The van der Waals surface area contributed by atoms with Crippen molar-refractivity contribution < 1.29 is 4.79 Å². The molecule has 1 amide bonds. The fraction of sp³-hybridized carbons (Fsp3) is 0.923. The minimum absolute atomic E-state index is 0.108. The number of piperazine rings is 1. The Morgan fingerprint density at radius 2 is 2.00 bits per heavy atom. The summed E-state index contributed by atoms with van der Waals surface area (Å²) >= 11 is 0. The molecule has 98 valence electrons. The molecule has 1 saturated heterocycles. The maximum Gasteiger partial charge on any atom is 0.228 e. The van der Waals surface area contributed by atoms with Crippen LogP contribution in [-0.4, -0.2) is 55.0 Å². The fourth-order valence-corrected chi connectivity index (χ4v) is 3.20. The van der Waals surface area contributed by atoms with Gasteiger partial charge in [0, 0.05) is 31.6 Å². The third-order valence-corrected chi connectivity index (χ3v) is 4.44. The summed E-state index contributed by atoms with van der Waals surface area (Å²) in [6.45, 7) is 5.43. The van der Waals surface area contributed by atoms with Crippen molar-refractivity contribution in [2.75, 3.05) is 33.2 Å². The largest absolute Gasteiger partial charge is 0.335 e. The molecule has 17 heavy (non-hydrogen) atoms. The van der Waals surface area contributed by atoms with Crippen molar-refractivity contribution in [2.45, 2.75) is 38.6 Å². The van der Waals surface area contributed by atoms with Crippen molar-refractivity contribution in [3.05, 3.63) is 0 Å². The van der Waals surface area contributed by atoms with Crippen molar-refractivity contribution in [3.63, 3.8) is 0 Å². The van der Waals surface area contributed by atoms with Gasteiger partial charge in [-0.25, -0.2) is 0 Å². The Balaban J connectivity index is 2.07. The van der Waals surface area contributed by atoms with E-state index in [1.807, 2.05) is 4.90 Å². The number of carbonyl (C=O) groups is 1. The standard InChI is InChI=1S/C13H25N3O/c1-13(5-3-4-6-13)12(17)16-8-7-15(2)10-11(16)9-14/h11H,3-10,14H2,1-2H3. The number of likely N-dealkylation sites (N-methyl/N-ethyl adjacent to an activating group) is 1. The third kappa shape index (κ3) is 2.47. The number of amides is 1. The molecule has 0 aromatic heterocycles. The van der Waals surface area contributed by atoms with Gasteiger partial charge in [-0.15, -0.1) is 0 Å². The van der Waals surface area contributed by atoms with Crippen LogP contribution in [0.15, 0.2) is 0 Å². The van der Waals surface area contributed by atoms with E-state index in [2.05, 4.69) is 18.9 Å². The Bertz CT molecular complexity index is 286. The number of hydrogen-bond acceptors (Lipinski definition) is 3. The van der Waals surface area contributed by atoms with Gasteiger partial charge in [-0.05, 0) is 19.9 Å². The van der Waals surface area contributed by atoms with Crippen LogP contribution in [0.5, 0.6) is 0 Å². The van der Waals surface area contributed by atoms with Gasteiger partial charge in [0.05, 0.1) is 6.04 Å². The Hall–Kier alpha value is -0.610. The Labute approximate surface area is 104 Å². The van der Waals surface area contributed by atoms with Crippen LogP contribution in [0.1, 0.15) is 32.6 Å². The van der Waals surface area contributed by atoms with E-state index in [-0.39, 0.29) is 11.5 Å². The van der Waals surface area contributed by atoms with E-state index in [0.29, 0.717) is 12.5 Å². The van der Waals surface area contributed by atoms with Gasteiger partial charge >= 0.3 is 0 Å². The monoisotopic (exact) mass is 239 g/mol. The van der Waals surface area contributed by atoms with Gasteiger partial charge < -0.3 is 15.5 Å². The minimum atomic E-state index is -0.108. The van der Waals surface area contributed by atoms with E-state index in [9.17, 15) is 4.79 Å². The quantitative estimate of drug-likeness (QED) is 0.770. The lowest BCUT2D eigenvalue weighted by molar-refractivity contribution is -0.145.